The molecule has 1 amide bonds. The van der Waals surface area contributed by atoms with Gasteiger partial charge in [0.1, 0.15) is 13.2 Å². The third-order valence-electron chi connectivity index (χ3n) is 2.85. The lowest BCUT2D eigenvalue weighted by atomic mass is 10.2. The lowest BCUT2D eigenvalue weighted by molar-refractivity contribution is -0.123. The predicted molar refractivity (Wildman–Crippen MR) is 84.9 cm³/mol. The van der Waals surface area contributed by atoms with Gasteiger partial charge >= 0.3 is 0 Å². The van der Waals surface area contributed by atoms with Gasteiger partial charge in [0, 0.05) is 6.42 Å². The molecular formula is C16H27NO6. The van der Waals surface area contributed by atoms with E-state index in [1.165, 1.54) is 0 Å². The highest BCUT2D eigenvalue weighted by Gasteiger charge is 2.00. The smallest absolute Gasteiger partial charge is 0.243 e. The lowest BCUT2D eigenvalue weighted by Crippen LogP contribution is -2.20. The Bertz CT molecular complexity index is 370. The Morgan fingerprint density at radius 1 is 0.913 bits per heavy atom. The van der Waals surface area contributed by atoms with Crippen molar-refractivity contribution in [1.29, 1.82) is 0 Å². The number of ether oxygens (including phenoxy) is 5. The first-order valence-corrected chi connectivity index (χ1v) is 7.87. The van der Waals surface area contributed by atoms with Crippen LogP contribution in [0.15, 0.2) is 24.0 Å². The summed E-state index contributed by atoms with van der Waals surface area (Å²) in [6.07, 6.45) is 8.14. The highest BCUT2D eigenvalue weighted by atomic mass is 16.6. The van der Waals surface area contributed by atoms with Crippen LogP contribution in [0.5, 0.6) is 0 Å². The third-order valence-corrected chi connectivity index (χ3v) is 2.85. The number of primary amides is 1. The van der Waals surface area contributed by atoms with Gasteiger partial charge in [0.25, 0.3) is 0 Å². The molecule has 0 spiro atoms. The molecule has 7 nitrogen and oxygen atoms in total. The van der Waals surface area contributed by atoms with Gasteiger partial charge < -0.3 is 29.4 Å². The number of amides is 1. The minimum absolute atomic E-state index is 0.0745. The van der Waals surface area contributed by atoms with Crippen LogP contribution < -0.4 is 5.73 Å². The van der Waals surface area contributed by atoms with Gasteiger partial charge in [0.15, 0.2) is 0 Å². The summed E-state index contributed by atoms with van der Waals surface area (Å²) >= 11 is 0. The molecule has 1 aliphatic carbocycles. The topological polar surface area (TPSA) is 89.2 Å². The normalized spacial score (nSPS) is 13.8. The molecule has 1 aliphatic rings. The van der Waals surface area contributed by atoms with Crippen molar-refractivity contribution in [2.24, 2.45) is 5.73 Å². The van der Waals surface area contributed by atoms with Gasteiger partial charge in [0.2, 0.25) is 5.91 Å². The van der Waals surface area contributed by atoms with Crippen molar-refractivity contribution in [3.05, 3.63) is 24.0 Å². The molecule has 0 saturated heterocycles. The number of hydrogen-bond acceptors (Lipinski definition) is 6. The first-order chi connectivity index (χ1) is 11.3. The van der Waals surface area contributed by atoms with E-state index in [-0.39, 0.29) is 6.61 Å². The molecule has 0 bridgehead atoms. The average Bonchev–Trinajstić information content (AvgIpc) is 2.56. The van der Waals surface area contributed by atoms with E-state index in [2.05, 4.69) is 6.08 Å². The second-order valence-electron chi connectivity index (χ2n) is 4.80. The summed E-state index contributed by atoms with van der Waals surface area (Å²) in [5.41, 5.74) is 4.92. The van der Waals surface area contributed by atoms with E-state index in [0.29, 0.717) is 52.9 Å². The zero-order valence-electron chi connectivity index (χ0n) is 13.5. The van der Waals surface area contributed by atoms with Gasteiger partial charge in [-0.2, -0.15) is 0 Å². The molecule has 0 atom stereocenters. The fraction of sp³-hybridized carbons (Fsp3) is 0.688. The largest absolute Gasteiger partial charge is 0.496 e. The van der Waals surface area contributed by atoms with Crippen LogP contribution in [0.4, 0.5) is 0 Å². The molecule has 0 heterocycles. The van der Waals surface area contributed by atoms with Gasteiger partial charge in [-0.15, -0.1) is 0 Å². The number of rotatable bonds is 15. The zero-order chi connectivity index (χ0) is 16.6. The van der Waals surface area contributed by atoms with Crippen LogP contribution in [0.1, 0.15) is 12.8 Å². The Morgan fingerprint density at radius 3 is 2.00 bits per heavy atom. The maximum atomic E-state index is 10.4. The number of nitrogens with two attached hydrogens (primary N) is 1. The van der Waals surface area contributed by atoms with E-state index in [1.54, 1.807) is 0 Å². The Labute approximate surface area is 137 Å². The van der Waals surface area contributed by atoms with E-state index < -0.39 is 5.91 Å². The molecule has 2 N–H and O–H groups in total. The van der Waals surface area contributed by atoms with Gasteiger partial charge in [-0.3, -0.25) is 4.79 Å². The van der Waals surface area contributed by atoms with Crippen LogP contribution in [-0.4, -0.2) is 65.4 Å². The van der Waals surface area contributed by atoms with Gasteiger partial charge in [-0.25, -0.2) is 0 Å². The fourth-order valence-electron chi connectivity index (χ4n) is 1.76. The van der Waals surface area contributed by atoms with Crippen LogP contribution in [0.3, 0.4) is 0 Å². The van der Waals surface area contributed by atoms with Gasteiger partial charge in [-0.1, -0.05) is 12.2 Å². The van der Waals surface area contributed by atoms with Gasteiger partial charge in [-0.05, 0) is 12.5 Å². The van der Waals surface area contributed by atoms with Crippen molar-refractivity contribution in [3.63, 3.8) is 0 Å². The molecule has 1 rings (SSSR count). The molecule has 7 heteroatoms. The van der Waals surface area contributed by atoms with E-state index in [9.17, 15) is 4.79 Å². The van der Waals surface area contributed by atoms with Crippen LogP contribution in [0, 0.1) is 0 Å². The molecule has 0 saturated carbocycles. The summed E-state index contributed by atoms with van der Waals surface area (Å²) in [5.74, 6) is 0.537. The van der Waals surface area contributed by atoms with Crippen molar-refractivity contribution in [2.75, 3.05) is 59.5 Å². The van der Waals surface area contributed by atoms with E-state index in [0.717, 1.165) is 18.6 Å². The summed E-state index contributed by atoms with van der Waals surface area (Å²) < 4.78 is 26.5. The summed E-state index contributed by atoms with van der Waals surface area (Å²) in [7, 11) is 0. The van der Waals surface area contributed by atoms with Crippen LogP contribution >= 0.6 is 0 Å². The molecule has 0 fully saturated rings. The molecule has 0 aromatic heterocycles. The van der Waals surface area contributed by atoms with Crippen LogP contribution in [0.25, 0.3) is 0 Å². The second kappa shape index (κ2) is 14.2. The first-order valence-electron chi connectivity index (χ1n) is 7.87. The maximum absolute atomic E-state index is 10.4. The monoisotopic (exact) mass is 329 g/mol. The molecular weight excluding hydrogens is 302 g/mol. The SMILES string of the molecule is NC(=O)COCCOCCOCCOCCOC1=CC=CCC1. The maximum Gasteiger partial charge on any atom is 0.243 e. The van der Waals surface area contributed by atoms with Crippen molar-refractivity contribution in [3.8, 4) is 0 Å². The molecule has 0 aromatic rings. The summed E-state index contributed by atoms with van der Waals surface area (Å²) in [5, 5.41) is 0. The quantitative estimate of drug-likeness (QED) is 0.447. The van der Waals surface area contributed by atoms with Crippen molar-refractivity contribution in [2.45, 2.75) is 12.8 Å². The first kappa shape index (κ1) is 19.6. The molecule has 0 aromatic carbocycles. The summed E-state index contributed by atoms with van der Waals surface area (Å²) in [6.45, 7) is 3.82. The standard InChI is InChI=1S/C16H27NO6/c17-16(18)14-22-11-10-20-7-6-19-8-9-21-12-13-23-15-4-2-1-3-5-15/h1-2,4H,3,5-14H2,(H2,17,18). The van der Waals surface area contributed by atoms with Crippen molar-refractivity contribution < 1.29 is 28.5 Å². The number of carbonyl (C=O) groups is 1. The van der Waals surface area contributed by atoms with E-state index in [1.807, 2.05) is 12.2 Å². The minimum atomic E-state index is -0.481. The highest BCUT2D eigenvalue weighted by molar-refractivity contribution is 5.74. The fourth-order valence-corrected chi connectivity index (χ4v) is 1.76. The minimum Gasteiger partial charge on any atom is -0.496 e. The molecule has 23 heavy (non-hydrogen) atoms. The third kappa shape index (κ3) is 12.8. The average molecular weight is 329 g/mol. The highest BCUT2D eigenvalue weighted by Crippen LogP contribution is 2.12. The second-order valence-corrected chi connectivity index (χ2v) is 4.80. The van der Waals surface area contributed by atoms with Crippen molar-refractivity contribution in [1.82, 2.24) is 0 Å². The Hall–Kier alpha value is -1.41. The Kier molecular flexibility index (Phi) is 12.1. The van der Waals surface area contributed by atoms with E-state index in [4.69, 9.17) is 29.4 Å². The van der Waals surface area contributed by atoms with Crippen molar-refractivity contribution >= 4 is 5.91 Å². The van der Waals surface area contributed by atoms with Crippen LogP contribution in [-0.2, 0) is 28.5 Å². The summed E-state index contributed by atoms with van der Waals surface area (Å²) in [6, 6.07) is 0. The Balaban J connectivity index is 1.72. The molecule has 0 unspecified atom stereocenters. The molecule has 0 aliphatic heterocycles. The molecule has 132 valence electrons. The predicted octanol–water partition coefficient (Wildman–Crippen LogP) is 0.789. The van der Waals surface area contributed by atoms with Crippen LogP contribution in [0.2, 0.25) is 0 Å². The number of carbonyl (C=O) groups excluding carboxylic acids is 1. The lowest BCUT2D eigenvalue weighted by Gasteiger charge is -2.11. The molecule has 0 radical (unpaired) electrons. The zero-order valence-corrected chi connectivity index (χ0v) is 13.5. The summed E-state index contributed by atoms with van der Waals surface area (Å²) in [4.78, 5) is 10.4. The number of allylic oxidation sites excluding steroid dienone is 4. The van der Waals surface area contributed by atoms with Gasteiger partial charge in [0.05, 0.1) is 52.0 Å². The Morgan fingerprint density at radius 2 is 1.48 bits per heavy atom. The number of hydrogen-bond donors (Lipinski definition) is 1. The van der Waals surface area contributed by atoms with E-state index >= 15 is 0 Å².